The highest BCUT2D eigenvalue weighted by molar-refractivity contribution is 5.70. The fraction of sp³-hybridized carbons (Fsp3) is 0.967. The van der Waals surface area contributed by atoms with Crippen LogP contribution in [0.3, 0.4) is 0 Å². The first-order valence-electron chi connectivity index (χ1n) is 30.4. The Kier molecular flexibility index (Phi) is 49.7. The summed E-state index contributed by atoms with van der Waals surface area (Å²) >= 11 is 0. The third-order valence-electron chi connectivity index (χ3n) is 14.4. The Morgan fingerprint density at radius 2 is 0.750 bits per heavy atom. The van der Waals surface area contributed by atoms with Gasteiger partial charge < -0.3 is 28.8 Å². The zero-order valence-corrected chi connectivity index (χ0v) is 45.7. The van der Waals surface area contributed by atoms with E-state index in [2.05, 4.69) is 20.8 Å². The van der Waals surface area contributed by atoms with Crippen molar-refractivity contribution >= 4 is 11.9 Å². The maximum Gasteiger partial charge on any atom is 0.306 e. The lowest BCUT2D eigenvalue weighted by Crippen LogP contribution is -2.44. The molecule has 8 heteroatoms. The molecule has 1 N–H and O–H groups in total. The SMILES string of the molecule is CCCCCCCCCCCCCCCCCCOCO[C@H]1CO[C@H]([C@H](O)COC(=O)CCCCCCCCCCCCCCC)[C@@H]1OC(=O)CCCCCCCCCCCCCCCCCC. The molecule has 0 radical (unpaired) electrons. The molecule has 68 heavy (non-hydrogen) atoms. The van der Waals surface area contributed by atoms with Crippen LogP contribution in [0.4, 0.5) is 0 Å². The predicted octanol–water partition coefficient (Wildman–Crippen LogP) is 18.0. The highest BCUT2D eigenvalue weighted by Crippen LogP contribution is 2.26. The second-order valence-electron chi connectivity index (χ2n) is 21.1. The van der Waals surface area contributed by atoms with E-state index < -0.39 is 24.4 Å². The standard InChI is InChI=1S/C60H116O8/c1-4-7-10-13-16-19-22-25-27-29-32-35-38-41-44-47-50-58(63)68-60-56(67-54-64-51-48-45-42-39-36-33-30-28-26-23-20-17-14-11-8-5-2)53-66-59(60)55(61)52-65-57(62)49-46-43-40-37-34-31-24-21-18-15-12-9-6-3/h55-56,59-61H,4-54H2,1-3H3/t55-,56+,59-,60-/m1/s1. The average Bonchev–Trinajstić information content (AvgIpc) is 3.74. The molecular weight excluding hydrogens is 849 g/mol. The average molecular weight is 966 g/mol. The molecule has 0 aromatic carbocycles. The van der Waals surface area contributed by atoms with E-state index in [9.17, 15) is 14.7 Å². The van der Waals surface area contributed by atoms with Gasteiger partial charge in [-0.1, -0.05) is 290 Å². The van der Waals surface area contributed by atoms with Crippen LogP contribution >= 0.6 is 0 Å². The van der Waals surface area contributed by atoms with Crippen molar-refractivity contribution < 1.29 is 38.4 Å². The molecule has 1 heterocycles. The fourth-order valence-corrected chi connectivity index (χ4v) is 9.83. The molecule has 0 unspecified atom stereocenters. The number of hydrogen-bond acceptors (Lipinski definition) is 8. The molecule has 1 aliphatic rings. The van der Waals surface area contributed by atoms with Crippen LogP contribution in [0.5, 0.6) is 0 Å². The summed E-state index contributed by atoms with van der Waals surface area (Å²) in [6.45, 7) is 7.51. The number of aliphatic hydroxyl groups is 1. The molecule has 1 rings (SSSR count). The number of hydrogen-bond donors (Lipinski definition) is 1. The summed E-state index contributed by atoms with van der Waals surface area (Å²) in [5.41, 5.74) is 0. The highest BCUT2D eigenvalue weighted by atomic mass is 16.7. The van der Waals surface area contributed by atoms with Gasteiger partial charge in [-0.15, -0.1) is 0 Å². The molecule has 0 bridgehead atoms. The van der Waals surface area contributed by atoms with Gasteiger partial charge in [-0.2, -0.15) is 0 Å². The first kappa shape index (κ1) is 64.8. The second-order valence-corrected chi connectivity index (χ2v) is 21.1. The molecule has 8 nitrogen and oxygen atoms in total. The Hall–Kier alpha value is -1.22. The van der Waals surface area contributed by atoms with Crippen molar-refractivity contribution in [3.05, 3.63) is 0 Å². The number of carbonyl (C=O) groups excluding carboxylic acids is 2. The summed E-state index contributed by atoms with van der Waals surface area (Å²) in [4.78, 5) is 25.8. The molecule has 0 saturated carbocycles. The van der Waals surface area contributed by atoms with Crippen LogP contribution in [-0.2, 0) is 33.3 Å². The van der Waals surface area contributed by atoms with Crippen LogP contribution in [0.25, 0.3) is 0 Å². The van der Waals surface area contributed by atoms with Gasteiger partial charge >= 0.3 is 11.9 Å². The topological polar surface area (TPSA) is 101 Å². The van der Waals surface area contributed by atoms with Crippen molar-refractivity contribution in [3.8, 4) is 0 Å². The number of aliphatic hydroxyl groups excluding tert-OH is 1. The molecule has 1 fully saturated rings. The van der Waals surface area contributed by atoms with Gasteiger partial charge in [-0.05, 0) is 19.3 Å². The number of ether oxygens (including phenoxy) is 5. The normalized spacial score (nSPS) is 16.4. The summed E-state index contributed by atoms with van der Waals surface area (Å²) in [5.74, 6) is -0.609. The van der Waals surface area contributed by atoms with Gasteiger partial charge in [0.1, 0.15) is 31.7 Å². The van der Waals surface area contributed by atoms with Crippen LogP contribution < -0.4 is 0 Å². The number of esters is 2. The van der Waals surface area contributed by atoms with E-state index in [0.717, 1.165) is 51.4 Å². The lowest BCUT2D eigenvalue weighted by atomic mass is 10.0. The van der Waals surface area contributed by atoms with Crippen molar-refractivity contribution in [1.29, 1.82) is 0 Å². The minimum absolute atomic E-state index is 0.0802. The molecule has 0 aromatic rings. The Balaban J connectivity index is 2.34. The zero-order valence-electron chi connectivity index (χ0n) is 45.7. The smallest absolute Gasteiger partial charge is 0.306 e. The number of rotatable bonds is 55. The maximum absolute atomic E-state index is 13.1. The van der Waals surface area contributed by atoms with Crippen LogP contribution in [0, 0.1) is 0 Å². The quantitative estimate of drug-likeness (QED) is 0.0365. The first-order chi connectivity index (χ1) is 33.5. The molecule has 1 aliphatic heterocycles. The van der Waals surface area contributed by atoms with Gasteiger partial charge in [-0.3, -0.25) is 9.59 Å². The van der Waals surface area contributed by atoms with Crippen molar-refractivity contribution in [2.24, 2.45) is 0 Å². The van der Waals surface area contributed by atoms with E-state index >= 15 is 0 Å². The summed E-state index contributed by atoms with van der Waals surface area (Å²) in [6.07, 6.45) is 55.4. The van der Waals surface area contributed by atoms with E-state index in [1.807, 2.05) is 0 Å². The molecule has 0 aromatic heterocycles. The first-order valence-corrected chi connectivity index (χ1v) is 30.4. The molecular formula is C60H116O8. The third kappa shape index (κ3) is 42.5. The Labute approximate surface area is 422 Å². The molecule has 0 spiro atoms. The monoisotopic (exact) mass is 965 g/mol. The van der Waals surface area contributed by atoms with Crippen molar-refractivity contribution in [2.45, 2.75) is 347 Å². The van der Waals surface area contributed by atoms with Gasteiger partial charge in [0.15, 0.2) is 6.10 Å². The second kappa shape index (κ2) is 52.1. The van der Waals surface area contributed by atoms with E-state index in [0.29, 0.717) is 19.4 Å². The minimum Gasteiger partial charge on any atom is -0.463 e. The molecule has 4 atom stereocenters. The summed E-state index contributed by atoms with van der Waals surface area (Å²) in [6, 6.07) is 0. The largest absolute Gasteiger partial charge is 0.463 e. The van der Waals surface area contributed by atoms with Gasteiger partial charge in [0.05, 0.1) is 6.61 Å². The van der Waals surface area contributed by atoms with Gasteiger partial charge in [0.25, 0.3) is 0 Å². The lowest BCUT2D eigenvalue weighted by Gasteiger charge is -2.26. The zero-order chi connectivity index (χ0) is 49.1. The summed E-state index contributed by atoms with van der Waals surface area (Å²) < 4.78 is 29.4. The lowest BCUT2D eigenvalue weighted by molar-refractivity contribution is -0.171. The summed E-state index contributed by atoms with van der Waals surface area (Å²) in [7, 11) is 0. The van der Waals surface area contributed by atoms with Gasteiger partial charge in [-0.25, -0.2) is 0 Å². The predicted molar refractivity (Wildman–Crippen MR) is 286 cm³/mol. The van der Waals surface area contributed by atoms with Gasteiger partial charge in [0, 0.05) is 19.4 Å². The minimum atomic E-state index is -1.13. The number of carbonyl (C=O) groups is 2. The summed E-state index contributed by atoms with van der Waals surface area (Å²) in [5, 5.41) is 11.2. The van der Waals surface area contributed by atoms with Crippen LogP contribution in [0.1, 0.15) is 323 Å². The van der Waals surface area contributed by atoms with E-state index in [1.54, 1.807) is 0 Å². The highest BCUT2D eigenvalue weighted by Gasteiger charge is 2.45. The van der Waals surface area contributed by atoms with Crippen molar-refractivity contribution in [2.75, 3.05) is 26.6 Å². The van der Waals surface area contributed by atoms with E-state index in [4.69, 9.17) is 23.7 Å². The van der Waals surface area contributed by atoms with Crippen molar-refractivity contribution in [3.63, 3.8) is 0 Å². The molecule has 0 aliphatic carbocycles. The van der Waals surface area contributed by atoms with E-state index in [1.165, 1.54) is 238 Å². The maximum atomic E-state index is 13.1. The Bertz CT molecular complexity index is 1040. The van der Waals surface area contributed by atoms with Gasteiger partial charge in [0.2, 0.25) is 0 Å². The third-order valence-corrected chi connectivity index (χ3v) is 14.4. The Morgan fingerprint density at radius 1 is 0.441 bits per heavy atom. The Morgan fingerprint density at radius 3 is 1.10 bits per heavy atom. The molecule has 0 amide bonds. The van der Waals surface area contributed by atoms with Crippen LogP contribution in [0.15, 0.2) is 0 Å². The van der Waals surface area contributed by atoms with E-state index in [-0.39, 0.29) is 31.9 Å². The molecule has 404 valence electrons. The number of unbranched alkanes of at least 4 members (excludes halogenated alkanes) is 42. The molecule has 1 saturated heterocycles. The van der Waals surface area contributed by atoms with Crippen LogP contribution in [-0.4, -0.2) is 68.1 Å². The van der Waals surface area contributed by atoms with Crippen LogP contribution in [0.2, 0.25) is 0 Å². The fourth-order valence-electron chi connectivity index (χ4n) is 9.83. The van der Waals surface area contributed by atoms with Crippen molar-refractivity contribution in [1.82, 2.24) is 0 Å².